The number of Topliss-reactive ketones (excluding diaryl/α,β-unsaturated/α-hetero) is 1. The van der Waals surface area contributed by atoms with Gasteiger partial charge in [0.25, 0.3) is 0 Å². The van der Waals surface area contributed by atoms with Gasteiger partial charge in [-0.3, -0.25) is 9.78 Å². The molecule has 1 atom stereocenters. The summed E-state index contributed by atoms with van der Waals surface area (Å²) in [7, 11) is 0. The second-order valence-corrected chi connectivity index (χ2v) is 4.13. The zero-order valence-electron chi connectivity index (χ0n) is 9.47. The molecule has 0 amide bonds. The Morgan fingerprint density at radius 3 is 2.94 bits per heavy atom. The van der Waals surface area contributed by atoms with E-state index in [2.05, 4.69) is 4.98 Å². The highest BCUT2D eigenvalue weighted by molar-refractivity contribution is 6.04. The van der Waals surface area contributed by atoms with Crippen molar-refractivity contribution in [2.75, 3.05) is 6.61 Å². The number of carbonyl (C=O) groups excluding carboxylic acids is 1. The maximum absolute atomic E-state index is 13.5. The summed E-state index contributed by atoms with van der Waals surface area (Å²) in [6, 6.07) is 7.98. The molecule has 1 aromatic heterocycles. The minimum absolute atomic E-state index is 0.0580. The fraction of sp³-hybridized carbons (Fsp3) is 0.143. The van der Waals surface area contributed by atoms with Crippen molar-refractivity contribution in [2.45, 2.75) is 5.92 Å². The predicted octanol–water partition coefficient (Wildman–Crippen LogP) is 2.58. The summed E-state index contributed by atoms with van der Waals surface area (Å²) in [6.07, 6.45) is 3.28. The Labute approximate surface area is 103 Å². The highest BCUT2D eigenvalue weighted by Crippen LogP contribution is 2.33. The van der Waals surface area contributed by atoms with Crippen molar-refractivity contribution in [3.8, 4) is 5.75 Å². The van der Waals surface area contributed by atoms with E-state index in [1.54, 1.807) is 24.5 Å². The molecule has 3 nitrogen and oxygen atoms in total. The number of nitrogens with zero attached hydrogens (tertiary/aromatic N) is 1. The molecule has 0 aliphatic carbocycles. The maximum atomic E-state index is 13.5. The van der Waals surface area contributed by atoms with Crippen LogP contribution in [0.5, 0.6) is 5.75 Å². The molecule has 18 heavy (non-hydrogen) atoms. The predicted molar refractivity (Wildman–Crippen MR) is 63.2 cm³/mol. The number of pyridine rings is 1. The lowest BCUT2D eigenvalue weighted by Crippen LogP contribution is -2.26. The van der Waals surface area contributed by atoms with Gasteiger partial charge in [-0.2, -0.15) is 0 Å². The van der Waals surface area contributed by atoms with Gasteiger partial charge in [0, 0.05) is 12.4 Å². The smallest absolute Gasteiger partial charge is 0.177 e. The third-order valence-electron chi connectivity index (χ3n) is 3.03. The first-order chi connectivity index (χ1) is 8.77. The van der Waals surface area contributed by atoms with E-state index >= 15 is 0 Å². The summed E-state index contributed by atoms with van der Waals surface area (Å²) >= 11 is 0. The second-order valence-electron chi connectivity index (χ2n) is 4.13. The Bertz CT molecular complexity index is 598. The van der Waals surface area contributed by atoms with Gasteiger partial charge >= 0.3 is 0 Å². The number of hydrogen-bond donors (Lipinski definition) is 0. The summed E-state index contributed by atoms with van der Waals surface area (Å²) in [6.45, 7) is 0.151. The Kier molecular flexibility index (Phi) is 2.55. The van der Waals surface area contributed by atoms with E-state index in [4.69, 9.17) is 4.74 Å². The minimum Gasteiger partial charge on any atom is -0.489 e. The number of rotatable bonds is 1. The lowest BCUT2D eigenvalue weighted by atomic mass is 9.90. The average molecular weight is 243 g/mol. The van der Waals surface area contributed by atoms with E-state index in [1.807, 2.05) is 6.07 Å². The molecule has 0 saturated carbocycles. The summed E-state index contributed by atoms with van der Waals surface area (Å²) in [4.78, 5) is 16.3. The number of ether oxygens (including phenoxy) is 1. The molecule has 3 rings (SSSR count). The van der Waals surface area contributed by atoms with Crippen LogP contribution in [-0.2, 0) is 0 Å². The van der Waals surface area contributed by atoms with Crippen LogP contribution in [-0.4, -0.2) is 17.4 Å². The number of hydrogen-bond acceptors (Lipinski definition) is 3. The van der Waals surface area contributed by atoms with Crippen LogP contribution in [0.3, 0.4) is 0 Å². The van der Waals surface area contributed by atoms with E-state index in [-0.39, 0.29) is 18.1 Å². The first kappa shape index (κ1) is 10.9. The molecule has 90 valence electrons. The van der Waals surface area contributed by atoms with E-state index < -0.39 is 11.7 Å². The SMILES string of the molecule is O=C1c2cccc(F)c2OC[C@H]1c1cccnc1. The summed E-state index contributed by atoms with van der Waals surface area (Å²) < 4.78 is 18.9. The molecule has 0 N–H and O–H groups in total. The van der Waals surface area contributed by atoms with Gasteiger partial charge < -0.3 is 4.74 Å². The number of para-hydroxylation sites is 1. The molecular weight excluding hydrogens is 233 g/mol. The van der Waals surface area contributed by atoms with Crippen LogP contribution >= 0.6 is 0 Å². The first-order valence-electron chi connectivity index (χ1n) is 5.63. The van der Waals surface area contributed by atoms with Crippen molar-refractivity contribution in [1.82, 2.24) is 4.98 Å². The average Bonchev–Trinajstić information content (AvgIpc) is 2.41. The van der Waals surface area contributed by atoms with Crippen LogP contribution < -0.4 is 4.74 Å². The van der Waals surface area contributed by atoms with E-state index in [0.29, 0.717) is 5.56 Å². The highest BCUT2D eigenvalue weighted by atomic mass is 19.1. The van der Waals surface area contributed by atoms with Crippen molar-refractivity contribution >= 4 is 5.78 Å². The van der Waals surface area contributed by atoms with Crippen LogP contribution in [0.2, 0.25) is 0 Å². The third-order valence-corrected chi connectivity index (χ3v) is 3.03. The van der Waals surface area contributed by atoms with Crippen LogP contribution in [0.1, 0.15) is 21.8 Å². The standard InChI is InChI=1S/C14H10FNO2/c15-12-5-1-4-10-13(17)11(8-18-14(10)12)9-3-2-6-16-7-9/h1-7,11H,8H2/t11-/m0/s1. The number of aromatic nitrogens is 1. The molecule has 2 heterocycles. The Morgan fingerprint density at radius 2 is 2.17 bits per heavy atom. The van der Waals surface area contributed by atoms with E-state index in [0.717, 1.165) is 5.56 Å². The number of fused-ring (bicyclic) bond motifs is 1. The van der Waals surface area contributed by atoms with Gasteiger partial charge in [0.15, 0.2) is 17.3 Å². The monoisotopic (exact) mass is 243 g/mol. The fourth-order valence-corrected chi connectivity index (χ4v) is 2.11. The lowest BCUT2D eigenvalue weighted by molar-refractivity contribution is 0.0891. The quantitative estimate of drug-likeness (QED) is 0.772. The molecule has 0 radical (unpaired) electrons. The van der Waals surface area contributed by atoms with Gasteiger partial charge in [0.05, 0.1) is 11.5 Å². The highest BCUT2D eigenvalue weighted by Gasteiger charge is 2.31. The molecule has 0 saturated heterocycles. The van der Waals surface area contributed by atoms with Crippen molar-refractivity contribution in [3.63, 3.8) is 0 Å². The Hall–Kier alpha value is -2.23. The summed E-state index contributed by atoms with van der Waals surface area (Å²) in [5, 5.41) is 0. The second kappa shape index (κ2) is 4.22. The molecule has 0 unspecified atom stereocenters. The van der Waals surface area contributed by atoms with Gasteiger partial charge in [-0.1, -0.05) is 12.1 Å². The molecule has 0 fully saturated rings. The van der Waals surface area contributed by atoms with Crippen molar-refractivity contribution in [2.24, 2.45) is 0 Å². The first-order valence-corrected chi connectivity index (χ1v) is 5.63. The summed E-state index contributed by atoms with van der Waals surface area (Å²) in [5.41, 5.74) is 1.09. The van der Waals surface area contributed by atoms with Crippen LogP contribution in [0, 0.1) is 5.82 Å². The summed E-state index contributed by atoms with van der Waals surface area (Å²) in [5.74, 6) is -0.968. The molecule has 4 heteroatoms. The van der Waals surface area contributed by atoms with Gasteiger partial charge in [0.2, 0.25) is 0 Å². The number of carbonyl (C=O) groups is 1. The van der Waals surface area contributed by atoms with E-state index in [9.17, 15) is 9.18 Å². The van der Waals surface area contributed by atoms with Crippen LogP contribution in [0.25, 0.3) is 0 Å². The molecule has 0 bridgehead atoms. The Balaban J connectivity index is 2.03. The molecule has 1 aliphatic rings. The van der Waals surface area contributed by atoms with Gasteiger partial charge in [-0.25, -0.2) is 4.39 Å². The maximum Gasteiger partial charge on any atom is 0.177 e. The van der Waals surface area contributed by atoms with Gasteiger partial charge in [0.1, 0.15) is 6.61 Å². The normalized spacial score (nSPS) is 18.1. The van der Waals surface area contributed by atoms with Crippen molar-refractivity contribution < 1.29 is 13.9 Å². The molecular formula is C14H10FNO2. The topological polar surface area (TPSA) is 39.2 Å². The van der Waals surface area contributed by atoms with Crippen LogP contribution in [0.15, 0.2) is 42.7 Å². The number of ketones is 1. The lowest BCUT2D eigenvalue weighted by Gasteiger charge is -2.24. The Morgan fingerprint density at radius 1 is 1.28 bits per heavy atom. The third kappa shape index (κ3) is 1.66. The number of halogens is 1. The number of benzene rings is 1. The van der Waals surface area contributed by atoms with Crippen molar-refractivity contribution in [1.29, 1.82) is 0 Å². The minimum atomic E-state index is -0.495. The zero-order valence-corrected chi connectivity index (χ0v) is 9.47. The van der Waals surface area contributed by atoms with Crippen LogP contribution in [0.4, 0.5) is 4.39 Å². The van der Waals surface area contributed by atoms with Crippen molar-refractivity contribution in [3.05, 3.63) is 59.7 Å². The molecule has 1 aromatic carbocycles. The zero-order chi connectivity index (χ0) is 12.5. The van der Waals surface area contributed by atoms with E-state index in [1.165, 1.54) is 12.1 Å². The molecule has 1 aliphatic heterocycles. The van der Waals surface area contributed by atoms with Gasteiger partial charge in [-0.05, 0) is 23.8 Å². The fourth-order valence-electron chi connectivity index (χ4n) is 2.11. The largest absolute Gasteiger partial charge is 0.489 e. The van der Waals surface area contributed by atoms with Gasteiger partial charge in [-0.15, -0.1) is 0 Å². The molecule has 0 spiro atoms. The molecule has 2 aromatic rings.